The van der Waals surface area contributed by atoms with Crippen molar-refractivity contribution in [1.29, 1.82) is 0 Å². The molecule has 1 aromatic carbocycles. The molecule has 2 unspecified atom stereocenters. The molecule has 2 fully saturated rings. The van der Waals surface area contributed by atoms with E-state index in [0.29, 0.717) is 33.9 Å². The number of alkyl carbamates (subject to hydrolysis) is 1. The van der Waals surface area contributed by atoms with E-state index in [0.717, 1.165) is 50.6 Å². The Hall–Kier alpha value is -3.41. The van der Waals surface area contributed by atoms with Crippen molar-refractivity contribution >= 4 is 40.6 Å². The van der Waals surface area contributed by atoms with Crippen molar-refractivity contribution in [1.82, 2.24) is 25.2 Å². The third kappa shape index (κ3) is 9.30. The van der Waals surface area contributed by atoms with Crippen LogP contribution in [0.15, 0.2) is 42.9 Å². The van der Waals surface area contributed by atoms with Gasteiger partial charge in [-0.2, -0.15) is 5.10 Å². The second-order valence-electron chi connectivity index (χ2n) is 12.8. The maximum absolute atomic E-state index is 13.1. The van der Waals surface area contributed by atoms with Crippen molar-refractivity contribution in [2.75, 3.05) is 36.4 Å². The van der Waals surface area contributed by atoms with Crippen LogP contribution in [0.2, 0.25) is 5.02 Å². The van der Waals surface area contributed by atoms with Crippen LogP contribution in [0.1, 0.15) is 70.7 Å². The monoisotopic (exact) mass is 626 g/mol. The second kappa shape index (κ2) is 15.0. The summed E-state index contributed by atoms with van der Waals surface area (Å²) in [5.74, 6) is 0.799. The lowest BCUT2D eigenvalue weighted by molar-refractivity contribution is 0.0487. The number of benzene rings is 1. The molecule has 12 heteroatoms. The average molecular weight is 627 g/mol. The highest BCUT2D eigenvalue weighted by molar-refractivity contribution is 6.31. The molecule has 2 amide bonds. The quantitative estimate of drug-likeness (QED) is 0.296. The summed E-state index contributed by atoms with van der Waals surface area (Å²) in [7, 11) is 0. The first-order valence-corrected chi connectivity index (χ1v) is 15.9. The number of rotatable bonds is 6. The molecule has 2 saturated heterocycles. The number of halogens is 1. The molecule has 0 saturated carbocycles. The number of piperidine rings is 2. The predicted molar refractivity (Wildman–Crippen MR) is 175 cm³/mol. The van der Waals surface area contributed by atoms with Crippen LogP contribution in [0.25, 0.3) is 5.65 Å². The number of carbonyl (C=O) groups excluding carboxylic acids is 2. The number of aromatic nitrogens is 3. The van der Waals surface area contributed by atoms with Gasteiger partial charge >= 0.3 is 6.09 Å². The van der Waals surface area contributed by atoms with Gasteiger partial charge in [0.15, 0.2) is 5.65 Å². The molecule has 0 spiro atoms. The van der Waals surface area contributed by atoms with Gasteiger partial charge in [-0.25, -0.2) is 14.3 Å². The van der Waals surface area contributed by atoms with Crippen molar-refractivity contribution in [3.63, 3.8) is 0 Å². The van der Waals surface area contributed by atoms with Gasteiger partial charge in [-0.3, -0.25) is 4.79 Å². The zero-order chi connectivity index (χ0) is 31.9. The zero-order valence-corrected chi connectivity index (χ0v) is 27.2. The van der Waals surface area contributed by atoms with Crippen molar-refractivity contribution in [2.24, 2.45) is 17.6 Å². The van der Waals surface area contributed by atoms with Gasteiger partial charge in [0.05, 0.1) is 17.6 Å². The van der Waals surface area contributed by atoms with Crippen molar-refractivity contribution in [2.45, 2.75) is 78.0 Å². The van der Waals surface area contributed by atoms with E-state index in [1.165, 1.54) is 19.0 Å². The van der Waals surface area contributed by atoms with Gasteiger partial charge in [0.1, 0.15) is 11.2 Å². The normalized spacial score (nSPS) is 17.8. The number of nitrogens with zero attached hydrogens (tertiary/aromatic N) is 4. The Labute approximate surface area is 265 Å². The molecule has 2 aromatic heterocycles. The van der Waals surface area contributed by atoms with Gasteiger partial charge in [-0.05, 0) is 109 Å². The molecule has 0 aliphatic carbocycles. The number of amides is 2. The highest BCUT2D eigenvalue weighted by Crippen LogP contribution is 2.33. The molecule has 4 heterocycles. The number of nitrogens with one attached hydrogen (secondary N) is 3. The molecule has 2 aliphatic heterocycles. The van der Waals surface area contributed by atoms with Crippen molar-refractivity contribution in [3.05, 3.63) is 53.4 Å². The van der Waals surface area contributed by atoms with Crippen LogP contribution in [0.5, 0.6) is 0 Å². The lowest BCUT2D eigenvalue weighted by Crippen LogP contribution is -2.45. The molecule has 240 valence electrons. The van der Waals surface area contributed by atoms with Crippen LogP contribution in [0, 0.1) is 11.8 Å². The molecule has 11 nitrogen and oxygen atoms in total. The Bertz CT molecular complexity index is 1390. The maximum Gasteiger partial charge on any atom is 0.407 e. The number of anilines is 2. The molecule has 2 aliphatic rings. The fourth-order valence-corrected chi connectivity index (χ4v) is 5.85. The van der Waals surface area contributed by atoms with Gasteiger partial charge in [0, 0.05) is 42.6 Å². The predicted octanol–water partition coefficient (Wildman–Crippen LogP) is 5.10. The Morgan fingerprint density at radius 1 is 1.11 bits per heavy atom. The standard InChI is InChI=1S/C25H31ClN6O3.C7H16N2/c1-16(29-24(34)35-25(2,3)4)17-8-12-31(13-9-17)21-7-6-18(26)14-20(21)30-23(33)19-15-28-32-11-5-10-27-22(19)32;1-6(8)7-2-4-9-5-3-7/h5-7,10-11,14-17H,8-9,12-13H2,1-4H3,(H,29,34)(H,30,33);6-7,9H,2-5,8H2,1H3. The van der Waals surface area contributed by atoms with Crippen LogP contribution in [-0.4, -0.2) is 70.5 Å². The van der Waals surface area contributed by atoms with Gasteiger partial charge in [-0.15, -0.1) is 0 Å². The molecule has 44 heavy (non-hydrogen) atoms. The summed E-state index contributed by atoms with van der Waals surface area (Å²) in [6.45, 7) is 13.6. The molecule has 2 atom stereocenters. The first-order valence-electron chi connectivity index (χ1n) is 15.5. The number of hydrogen-bond acceptors (Lipinski definition) is 8. The van der Waals surface area contributed by atoms with Crippen molar-refractivity contribution < 1.29 is 14.3 Å². The van der Waals surface area contributed by atoms with E-state index in [1.807, 2.05) is 39.8 Å². The molecule has 5 rings (SSSR count). The number of hydrogen-bond donors (Lipinski definition) is 4. The minimum absolute atomic E-state index is 0.000451. The summed E-state index contributed by atoms with van der Waals surface area (Å²) in [6, 6.07) is 7.65. The van der Waals surface area contributed by atoms with Gasteiger partial charge in [0.2, 0.25) is 0 Å². The highest BCUT2D eigenvalue weighted by Gasteiger charge is 2.28. The molecular weight excluding hydrogens is 580 g/mol. The van der Waals surface area contributed by atoms with Crippen LogP contribution in [-0.2, 0) is 4.74 Å². The van der Waals surface area contributed by atoms with Crippen molar-refractivity contribution in [3.8, 4) is 0 Å². The minimum Gasteiger partial charge on any atom is -0.444 e. The lowest BCUT2D eigenvalue weighted by Gasteiger charge is -2.37. The molecule has 0 radical (unpaired) electrons. The molecule has 0 bridgehead atoms. The molecular formula is C32H47ClN8O3. The summed E-state index contributed by atoms with van der Waals surface area (Å²) < 4.78 is 6.95. The minimum atomic E-state index is -0.526. The third-order valence-electron chi connectivity index (χ3n) is 8.19. The summed E-state index contributed by atoms with van der Waals surface area (Å²) in [5.41, 5.74) is 7.62. The Balaban J connectivity index is 0.000000421. The van der Waals surface area contributed by atoms with E-state index in [1.54, 1.807) is 29.0 Å². The SMILES string of the molecule is CC(N)C1CCNCC1.CC(NC(=O)OC(C)(C)C)C1CCN(c2ccc(Cl)cc2NC(=O)c2cnn3cccnc23)CC1. The van der Waals surface area contributed by atoms with Gasteiger partial charge in [-0.1, -0.05) is 11.6 Å². The Morgan fingerprint density at radius 2 is 1.82 bits per heavy atom. The van der Waals surface area contributed by atoms with Crippen LogP contribution in [0.4, 0.5) is 16.2 Å². The van der Waals surface area contributed by atoms with Crippen LogP contribution < -0.4 is 26.6 Å². The van der Waals surface area contributed by atoms with E-state index in [-0.39, 0.29) is 11.9 Å². The Morgan fingerprint density at radius 3 is 2.45 bits per heavy atom. The van der Waals surface area contributed by atoms with E-state index in [9.17, 15) is 9.59 Å². The van der Waals surface area contributed by atoms with Gasteiger partial charge < -0.3 is 31.3 Å². The fourth-order valence-electron chi connectivity index (χ4n) is 5.68. The summed E-state index contributed by atoms with van der Waals surface area (Å²) >= 11 is 6.27. The number of ether oxygens (including phenoxy) is 1. The highest BCUT2D eigenvalue weighted by atomic mass is 35.5. The van der Waals surface area contributed by atoms with E-state index in [2.05, 4.69) is 37.9 Å². The maximum atomic E-state index is 13.1. The zero-order valence-electron chi connectivity index (χ0n) is 26.5. The number of carbonyl (C=O) groups is 2. The largest absolute Gasteiger partial charge is 0.444 e. The fraction of sp³-hybridized carbons (Fsp3) is 0.562. The van der Waals surface area contributed by atoms with E-state index >= 15 is 0 Å². The lowest BCUT2D eigenvalue weighted by atomic mass is 9.90. The topological polar surface area (TPSA) is 139 Å². The smallest absolute Gasteiger partial charge is 0.407 e. The summed E-state index contributed by atoms with van der Waals surface area (Å²) in [4.78, 5) is 31.7. The van der Waals surface area contributed by atoms with Gasteiger partial charge in [0.25, 0.3) is 5.91 Å². The third-order valence-corrected chi connectivity index (χ3v) is 8.43. The summed E-state index contributed by atoms with van der Waals surface area (Å²) in [5, 5.41) is 14.0. The number of fused-ring (bicyclic) bond motifs is 1. The first kappa shape index (κ1) is 33.5. The average Bonchev–Trinajstić information content (AvgIpc) is 3.42. The first-order chi connectivity index (χ1) is 20.9. The number of nitrogens with two attached hydrogens (primary N) is 1. The summed E-state index contributed by atoms with van der Waals surface area (Å²) in [6.07, 6.45) is 8.79. The van der Waals surface area contributed by atoms with E-state index in [4.69, 9.17) is 22.1 Å². The van der Waals surface area contributed by atoms with Crippen LogP contribution in [0.3, 0.4) is 0 Å². The molecule has 5 N–H and O–H groups in total. The van der Waals surface area contributed by atoms with E-state index < -0.39 is 11.7 Å². The van der Waals surface area contributed by atoms with Crippen LogP contribution >= 0.6 is 11.6 Å². The molecule has 3 aromatic rings. The second-order valence-corrected chi connectivity index (χ2v) is 13.2. The Kier molecular flexibility index (Phi) is 11.5.